The van der Waals surface area contributed by atoms with Crippen LogP contribution in [0.2, 0.25) is 0 Å². The average Bonchev–Trinajstić information content (AvgIpc) is 2.60. The first-order chi connectivity index (χ1) is 13.6. The molecule has 5 atom stereocenters. The third-order valence-electron chi connectivity index (χ3n) is 3.26. The predicted octanol–water partition coefficient (Wildman–Crippen LogP) is 0.261. The van der Waals surface area contributed by atoms with Gasteiger partial charge in [0.15, 0.2) is 6.29 Å². The Kier molecular flexibility index (Phi) is 19.5. The van der Waals surface area contributed by atoms with Crippen LogP contribution in [0.4, 0.5) is 0 Å². The van der Waals surface area contributed by atoms with Crippen LogP contribution in [0.5, 0.6) is 0 Å². The second-order valence-electron chi connectivity index (χ2n) is 7.28. The van der Waals surface area contributed by atoms with Crippen molar-refractivity contribution < 1.29 is 70.8 Å². The maximum atomic E-state index is 10.8. The molecule has 0 amide bonds. The molecule has 0 aromatic rings. The third-order valence-corrected chi connectivity index (χ3v) is 3.77. The molecule has 1 rings (SSSR count). The van der Waals surface area contributed by atoms with Crippen LogP contribution in [0.1, 0.15) is 34.1 Å². The van der Waals surface area contributed by atoms with Crippen molar-refractivity contribution in [1.29, 1.82) is 0 Å². The van der Waals surface area contributed by atoms with Crippen LogP contribution in [0.15, 0.2) is 0 Å². The Morgan fingerprint density at radius 3 is 1.81 bits per heavy atom. The molecule has 1 aliphatic rings. The molecule has 1 unspecified atom stereocenters. The van der Waals surface area contributed by atoms with Crippen molar-refractivity contribution in [3.63, 3.8) is 0 Å². The smallest absolute Gasteiger partial charge is 0.675 e. The van der Waals surface area contributed by atoms with Crippen molar-refractivity contribution in [2.24, 2.45) is 5.92 Å². The standard InChI is InChI=1S/C11H17ClO10.C4H9.C3H8N.Pt/c12-11(9(17)18,10(19)20)1-2-21-8-7(16)6(15)5(14)4(3-13)22-8;1-4(2)3;1-3(2)4;/h4-8,13-16H,1-3H2,(H,17,18)(H,19,20);4H,1H2,2-3H3;3-4H,1-2H3;/q;2*-1;+2/t4-,5+,6+,7-,8?;;;/m1.../s1. The van der Waals surface area contributed by atoms with E-state index in [0.29, 0.717) is 5.92 Å². The maximum absolute atomic E-state index is 10.8. The fourth-order valence-corrected chi connectivity index (χ4v) is 1.90. The molecular formula is C18H34ClNO10Pt. The minimum Gasteiger partial charge on any atom is -0.675 e. The van der Waals surface area contributed by atoms with Crippen LogP contribution >= 0.6 is 11.6 Å². The molecule has 1 aliphatic heterocycles. The topological polar surface area (TPSA) is 198 Å². The molecule has 0 spiro atoms. The fraction of sp³-hybridized carbons (Fsp3) is 0.833. The van der Waals surface area contributed by atoms with Crippen molar-refractivity contribution in [2.45, 2.75) is 75.7 Å². The van der Waals surface area contributed by atoms with E-state index >= 15 is 0 Å². The first-order valence-corrected chi connectivity index (χ1v) is 9.61. The fourth-order valence-electron chi connectivity index (χ4n) is 1.83. The number of alkyl halides is 1. The number of carboxylic acid groups (broad SMARTS) is 2. The summed E-state index contributed by atoms with van der Waals surface area (Å²) in [6.07, 6.45) is -8.21. The van der Waals surface area contributed by atoms with Crippen LogP contribution in [0, 0.1) is 12.8 Å². The first kappa shape index (κ1) is 35.2. The van der Waals surface area contributed by atoms with Gasteiger partial charge in [0.1, 0.15) is 24.4 Å². The van der Waals surface area contributed by atoms with E-state index in [1.165, 1.54) is 0 Å². The number of aliphatic hydroxyl groups is 4. The predicted molar refractivity (Wildman–Crippen MR) is 108 cm³/mol. The zero-order valence-corrected chi connectivity index (χ0v) is 20.9. The first-order valence-electron chi connectivity index (χ1n) is 9.23. The van der Waals surface area contributed by atoms with E-state index in [1.54, 1.807) is 0 Å². The van der Waals surface area contributed by atoms with Crippen LogP contribution < -0.4 is 0 Å². The molecule has 0 saturated carbocycles. The number of carbonyl (C=O) groups is 2. The number of rotatable bonds is 7. The molecule has 31 heavy (non-hydrogen) atoms. The minimum atomic E-state index is -2.60. The zero-order valence-electron chi connectivity index (χ0n) is 17.9. The molecule has 11 nitrogen and oxygen atoms in total. The molecule has 7 N–H and O–H groups in total. The van der Waals surface area contributed by atoms with E-state index in [9.17, 15) is 24.9 Å². The molecule has 188 valence electrons. The van der Waals surface area contributed by atoms with Gasteiger partial charge in [0.2, 0.25) is 4.87 Å². The largest absolute Gasteiger partial charge is 2.00 e. The van der Waals surface area contributed by atoms with E-state index in [2.05, 4.69) is 20.8 Å². The Morgan fingerprint density at radius 1 is 1.10 bits per heavy atom. The molecule has 0 radical (unpaired) electrons. The summed E-state index contributed by atoms with van der Waals surface area (Å²) < 4.78 is 9.97. The second kappa shape index (κ2) is 17.2. The van der Waals surface area contributed by atoms with E-state index in [0.717, 1.165) is 0 Å². The van der Waals surface area contributed by atoms with Crippen molar-refractivity contribution in [1.82, 2.24) is 0 Å². The van der Waals surface area contributed by atoms with E-state index in [-0.39, 0.29) is 27.1 Å². The zero-order chi connectivity index (χ0) is 24.2. The number of halogens is 1. The van der Waals surface area contributed by atoms with Crippen LogP contribution in [0.3, 0.4) is 0 Å². The summed E-state index contributed by atoms with van der Waals surface area (Å²) >= 11 is 5.46. The van der Waals surface area contributed by atoms with Crippen molar-refractivity contribution >= 4 is 23.5 Å². The molecule has 0 aliphatic carbocycles. The summed E-state index contributed by atoms with van der Waals surface area (Å²) in [6, 6.07) is 0.0833. The summed E-state index contributed by atoms with van der Waals surface area (Å²) in [7, 11) is 0. The summed E-state index contributed by atoms with van der Waals surface area (Å²) in [4.78, 5) is 19.1. The molecule has 1 saturated heterocycles. The quantitative estimate of drug-likeness (QED) is 0.126. The Balaban J connectivity index is -0.000000747. The number of ether oxygens (including phenoxy) is 2. The number of aliphatic hydroxyl groups excluding tert-OH is 4. The van der Waals surface area contributed by atoms with Gasteiger partial charge in [-0.2, -0.15) is 5.92 Å². The molecule has 1 fully saturated rings. The van der Waals surface area contributed by atoms with Gasteiger partial charge in [0, 0.05) is 6.42 Å². The SMILES string of the molecule is CC(C)[NH-].O=C(O)C(Cl)(CCOC1O[C@H](CO)[C@H](O)[C@H](O)[C@H]1O)C(=O)O.[CH2-]C(C)C.[Pt+2]. The number of nitrogens with one attached hydrogen (secondary N) is 1. The minimum absolute atomic E-state index is 0. The van der Waals surface area contributed by atoms with Crippen molar-refractivity contribution in [3.05, 3.63) is 12.7 Å². The summed E-state index contributed by atoms with van der Waals surface area (Å²) in [5.41, 5.74) is 6.58. The summed E-state index contributed by atoms with van der Waals surface area (Å²) in [5.74, 6) is -2.97. The van der Waals surface area contributed by atoms with Crippen molar-refractivity contribution in [2.75, 3.05) is 13.2 Å². The van der Waals surface area contributed by atoms with Gasteiger partial charge < -0.3 is 52.8 Å². The van der Waals surface area contributed by atoms with Gasteiger partial charge in [-0.1, -0.05) is 39.3 Å². The van der Waals surface area contributed by atoms with E-state index in [1.807, 2.05) is 13.8 Å². The van der Waals surface area contributed by atoms with Gasteiger partial charge in [-0.3, -0.25) is 0 Å². The van der Waals surface area contributed by atoms with Crippen LogP contribution in [0.25, 0.3) is 5.73 Å². The molecule has 0 bridgehead atoms. The maximum Gasteiger partial charge on any atom is 2.00 e. The normalized spacial score (nSPS) is 25.5. The molecule has 0 aromatic carbocycles. The summed E-state index contributed by atoms with van der Waals surface area (Å²) in [6.45, 7) is 10.2. The average molecular weight is 655 g/mol. The number of carboxylic acids is 2. The second-order valence-corrected chi connectivity index (χ2v) is 7.92. The van der Waals surface area contributed by atoms with Gasteiger partial charge in [-0.05, 0) is 0 Å². The van der Waals surface area contributed by atoms with Gasteiger partial charge in [0.05, 0.1) is 13.2 Å². The van der Waals surface area contributed by atoms with E-state index in [4.69, 9.17) is 42.1 Å². The molecule has 0 aromatic heterocycles. The van der Waals surface area contributed by atoms with Crippen LogP contribution in [-0.4, -0.2) is 97.4 Å². The monoisotopic (exact) mass is 654 g/mol. The summed E-state index contributed by atoms with van der Waals surface area (Å²) in [5, 5.41) is 55.3. The molecule has 1 heterocycles. The molecule has 13 heteroatoms. The Hall–Kier alpha value is -0.362. The van der Waals surface area contributed by atoms with Crippen LogP contribution in [-0.2, 0) is 40.1 Å². The van der Waals surface area contributed by atoms with Gasteiger partial charge >= 0.3 is 33.0 Å². The number of hydrogen-bond donors (Lipinski definition) is 6. The Bertz CT molecular complexity index is 484. The Morgan fingerprint density at radius 2 is 1.48 bits per heavy atom. The van der Waals surface area contributed by atoms with Gasteiger partial charge in [-0.15, -0.1) is 6.04 Å². The number of aliphatic carboxylic acids is 2. The van der Waals surface area contributed by atoms with Gasteiger partial charge in [-0.25, -0.2) is 9.59 Å². The third kappa shape index (κ3) is 13.7. The molecular weight excluding hydrogens is 621 g/mol. The van der Waals surface area contributed by atoms with Crippen molar-refractivity contribution in [3.8, 4) is 0 Å². The van der Waals surface area contributed by atoms with Gasteiger partial charge in [0.25, 0.3) is 0 Å². The Labute approximate surface area is 201 Å². The number of hydrogen-bond acceptors (Lipinski definition) is 8. The van der Waals surface area contributed by atoms with E-state index < -0.39 is 67.2 Å².